The fourth-order valence-corrected chi connectivity index (χ4v) is 2.37. The number of carbonyl (C=O) groups is 2. The Hall–Kier alpha value is -2.08. The molecule has 1 aromatic rings. The van der Waals surface area contributed by atoms with Crippen LogP contribution in [-0.4, -0.2) is 24.6 Å². The van der Waals surface area contributed by atoms with Crippen molar-refractivity contribution in [3.8, 4) is 5.75 Å². The second-order valence-electron chi connectivity index (χ2n) is 5.14. The fraction of sp³-hybridized carbons (Fsp3) is 0.467. The smallest absolute Gasteiger partial charge is 0.321 e. The van der Waals surface area contributed by atoms with E-state index in [9.17, 15) is 9.59 Å². The van der Waals surface area contributed by atoms with Gasteiger partial charge in [0.05, 0.1) is 0 Å². The van der Waals surface area contributed by atoms with Crippen LogP contribution in [0.25, 0.3) is 0 Å². The maximum absolute atomic E-state index is 11.6. The van der Waals surface area contributed by atoms with Crippen LogP contribution >= 0.6 is 0 Å². The normalized spacial score (nSPS) is 14.7. The molecule has 1 aromatic carbocycles. The summed E-state index contributed by atoms with van der Waals surface area (Å²) in [6.45, 7) is 0.208. The van der Waals surface area contributed by atoms with E-state index in [-0.39, 0.29) is 12.6 Å². The highest BCUT2D eigenvalue weighted by atomic mass is 16.5. The molecule has 1 aliphatic rings. The van der Waals surface area contributed by atoms with E-state index in [0.29, 0.717) is 12.3 Å². The summed E-state index contributed by atoms with van der Waals surface area (Å²) >= 11 is 0. The molecule has 0 bridgehead atoms. The lowest BCUT2D eigenvalue weighted by Crippen LogP contribution is -2.45. The van der Waals surface area contributed by atoms with Gasteiger partial charge >= 0.3 is 6.03 Å². The second-order valence-corrected chi connectivity index (χ2v) is 5.14. The van der Waals surface area contributed by atoms with Gasteiger partial charge in [-0.25, -0.2) is 4.79 Å². The van der Waals surface area contributed by atoms with Gasteiger partial charge in [0.1, 0.15) is 5.75 Å². The van der Waals surface area contributed by atoms with Crippen LogP contribution in [-0.2, 0) is 11.3 Å². The lowest BCUT2D eigenvalue weighted by atomic mass is 10.2. The summed E-state index contributed by atoms with van der Waals surface area (Å²) in [7, 11) is 0. The molecule has 21 heavy (non-hydrogen) atoms. The Morgan fingerprint density at radius 1 is 1.29 bits per heavy atom. The first-order valence-corrected chi connectivity index (χ1v) is 7.19. The van der Waals surface area contributed by atoms with Crippen LogP contribution in [0.5, 0.6) is 5.75 Å². The van der Waals surface area contributed by atoms with Crippen LogP contribution in [0.1, 0.15) is 31.2 Å². The maximum atomic E-state index is 11.6. The summed E-state index contributed by atoms with van der Waals surface area (Å²) in [5.74, 6) is 0.0907. The molecule has 1 aliphatic carbocycles. The van der Waals surface area contributed by atoms with Crippen LogP contribution in [0.2, 0.25) is 0 Å². The lowest BCUT2D eigenvalue weighted by Gasteiger charge is -2.12. The van der Waals surface area contributed by atoms with Crippen molar-refractivity contribution < 1.29 is 14.3 Å². The molecule has 0 atom stereocenters. The second kappa shape index (κ2) is 7.64. The number of nitrogens with one attached hydrogen (secondary N) is 2. The third-order valence-corrected chi connectivity index (χ3v) is 3.45. The molecule has 1 saturated carbocycles. The van der Waals surface area contributed by atoms with Gasteiger partial charge in [-0.05, 0) is 30.5 Å². The van der Waals surface area contributed by atoms with Crippen molar-refractivity contribution in [2.45, 2.75) is 38.3 Å². The maximum Gasteiger partial charge on any atom is 0.321 e. The Morgan fingerprint density at radius 2 is 2.05 bits per heavy atom. The molecule has 0 saturated heterocycles. The molecule has 2 rings (SSSR count). The standard InChI is InChI=1S/C15H21N3O3/c16-9-11-4-3-7-13(8-11)21-10-14(19)18-15(20)17-12-5-1-2-6-12/h3-4,7-8,12H,1-2,5-6,9-10,16H2,(H2,17,18,19,20). The van der Waals surface area contributed by atoms with Crippen molar-refractivity contribution in [3.63, 3.8) is 0 Å². The molecule has 6 heteroatoms. The number of hydrogen-bond donors (Lipinski definition) is 3. The summed E-state index contributed by atoms with van der Waals surface area (Å²) in [5.41, 5.74) is 6.45. The minimum absolute atomic E-state index is 0.181. The zero-order valence-corrected chi connectivity index (χ0v) is 11.9. The number of amides is 3. The molecular weight excluding hydrogens is 270 g/mol. The van der Waals surface area contributed by atoms with Crippen LogP contribution in [0.3, 0.4) is 0 Å². The van der Waals surface area contributed by atoms with Gasteiger partial charge in [-0.1, -0.05) is 25.0 Å². The van der Waals surface area contributed by atoms with E-state index in [0.717, 1.165) is 31.2 Å². The largest absolute Gasteiger partial charge is 0.484 e. The van der Waals surface area contributed by atoms with Gasteiger partial charge in [0.25, 0.3) is 5.91 Å². The minimum atomic E-state index is -0.469. The Kier molecular flexibility index (Phi) is 5.57. The lowest BCUT2D eigenvalue weighted by molar-refractivity contribution is -0.122. The van der Waals surface area contributed by atoms with Gasteiger partial charge in [0, 0.05) is 12.6 Å². The number of imide groups is 1. The van der Waals surface area contributed by atoms with E-state index in [1.807, 2.05) is 12.1 Å². The first-order chi connectivity index (χ1) is 10.2. The summed E-state index contributed by atoms with van der Waals surface area (Å²) in [6.07, 6.45) is 4.20. The summed E-state index contributed by atoms with van der Waals surface area (Å²) in [5, 5.41) is 5.05. The van der Waals surface area contributed by atoms with Gasteiger partial charge in [0.2, 0.25) is 0 Å². The van der Waals surface area contributed by atoms with Gasteiger partial charge in [-0.2, -0.15) is 0 Å². The number of carbonyl (C=O) groups excluding carboxylic acids is 2. The van der Waals surface area contributed by atoms with Crippen LogP contribution < -0.4 is 21.1 Å². The summed E-state index contributed by atoms with van der Waals surface area (Å²) < 4.78 is 5.33. The molecule has 0 aromatic heterocycles. The van der Waals surface area contributed by atoms with Crippen molar-refractivity contribution in [2.24, 2.45) is 5.73 Å². The summed E-state index contributed by atoms with van der Waals surface area (Å²) in [6, 6.07) is 6.92. The van der Waals surface area contributed by atoms with E-state index in [1.54, 1.807) is 12.1 Å². The number of rotatable bonds is 5. The zero-order chi connectivity index (χ0) is 15.1. The van der Waals surface area contributed by atoms with Crippen LogP contribution in [0, 0.1) is 0 Å². The quantitative estimate of drug-likeness (QED) is 0.762. The number of hydrogen-bond acceptors (Lipinski definition) is 4. The molecule has 0 radical (unpaired) electrons. The van der Waals surface area contributed by atoms with Gasteiger partial charge in [0.15, 0.2) is 6.61 Å². The van der Waals surface area contributed by atoms with Gasteiger partial charge < -0.3 is 15.8 Å². The van der Waals surface area contributed by atoms with Gasteiger partial charge in [-0.15, -0.1) is 0 Å². The third kappa shape index (κ3) is 5.07. The predicted octanol–water partition coefficient (Wildman–Crippen LogP) is 1.29. The van der Waals surface area contributed by atoms with Crippen molar-refractivity contribution in [1.82, 2.24) is 10.6 Å². The molecule has 114 valence electrons. The fourth-order valence-electron chi connectivity index (χ4n) is 2.37. The number of benzene rings is 1. The van der Waals surface area contributed by atoms with Crippen molar-refractivity contribution in [2.75, 3.05) is 6.61 Å². The average molecular weight is 291 g/mol. The molecule has 0 spiro atoms. The highest BCUT2D eigenvalue weighted by Gasteiger charge is 2.18. The highest BCUT2D eigenvalue weighted by Crippen LogP contribution is 2.17. The molecule has 1 fully saturated rings. The molecule has 0 unspecified atom stereocenters. The van der Waals surface area contributed by atoms with Crippen LogP contribution in [0.15, 0.2) is 24.3 Å². The van der Waals surface area contributed by atoms with Crippen molar-refractivity contribution in [1.29, 1.82) is 0 Å². The Labute approximate surface area is 124 Å². The molecule has 4 N–H and O–H groups in total. The monoisotopic (exact) mass is 291 g/mol. The van der Waals surface area contributed by atoms with E-state index in [4.69, 9.17) is 10.5 Å². The average Bonchev–Trinajstić information content (AvgIpc) is 2.98. The first kappa shape index (κ1) is 15.3. The third-order valence-electron chi connectivity index (χ3n) is 3.45. The Morgan fingerprint density at radius 3 is 2.76 bits per heavy atom. The van der Waals surface area contributed by atoms with Crippen LogP contribution in [0.4, 0.5) is 4.79 Å². The zero-order valence-electron chi connectivity index (χ0n) is 11.9. The highest BCUT2D eigenvalue weighted by molar-refractivity contribution is 5.95. The van der Waals surface area contributed by atoms with E-state index in [1.165, 1.54) is 0 Å². The van der Waals surface area contributed by atoms with Crippen molar-refractivity contribution in [3.05, 3.63) is 29.8 Å². The SMILES string of the molecule is NCc1cccc(OCC(=O)NC(=O)NC2CCCC2)c1. The van der Waals surface area contributed by atoms with Gasteiger partial charge in [-0.3, -0.25) is 10.1 Å². The van der Waals surface area contributed by atoms with E-state index < -0.39 is 11.9 Å². The first-order valence-electron chi connectivity index (χ1n) is 7.19. The predicted molar refractivity (Wildman–Crippen MR) is 78.8 cm³/mol. The summed E-state index contributed by atoms with van der Waals surface area (Å²) in [4.78, 5) is 23.2. The molecule has 0 aliphatic heterocycles. The Bertz CT molecular complexity index is 499. The number of urea groups is 1. The Balaban J connectivity index is 1.72. The minimum Gasteiger partial charge on any atom is -0.484 e. The molecule has 3 amide bonds. The molecule has 6 nitrogen and oxygen atoms in total. The number of ether oxygens (including phenoxy) is 1. The number of nitrogens with two attached hydrogens (primary N) is 1. The topological polar surface area (TPSA) is 93.4 Å². The molecule has 0 heterocycles. The molecular formula is C15H21N3O3. The van der Waals surface area contributed by atoms with Crippen molar-refractivity contribution >= 4 is 11.9 Å². The van der Waals surface area contributed by atoms with E-state index >= 15 is 0 Å². The van der Waals surface area contributed by atoms with E-state index in [2.05, 4.69) is 10.6 Å².